The number of rotatable bonds is 5. The third-order valence-corrected chi connectivity index (χ3v) is 6.05. The topological polar surface area (TPSA) is 90.5 Å². The van der Waals surface area contributed by atoms with Crippen LogP contribution in [0.2, 0.25) is 0 Å². The van der Waals surface area contributed by atoms with Crippen molar-refractivity contribution >= 4 is 21.1 Å². The molecule has 2 aromatic carbocycles. The monoisotopic (exact) mass is 388 g/mol. The van der Waals surface area contributed by atoms with Crippen molar-refractivity contribution in [3.05, 3.63) is 58.6 Å². The molecule has 4 rings (SSSR count). The molecule has 0 bridgehead atoms. The van der Waals surface area contributed by atoms with Crippen molar-refractivity contribution in [1.29, 1.82) is 0 Å². The van der Waals surface area contributed by atoms with Gasteiger partial charge in [0.05, 0.1) is 10.4 Å². The summed E-state index contributed by atoms with van der Waals surface area (Å²) in [5.41, 5.74) is 1.89. The number of nitrogens with zero attached hydrogens (tertiary/aromatic N) is 1. The molecule has 3 aromatic rings. The molecule has 0 aliphatic carbocycles. The maximum absolute atomic E-state index is 12.6. The van der Waals surface area contributed by atoms with E-state index in [1.165, 1.54) is 16.7 Å². The number of hydrogen-bond acceptors (Lipinski definition) is 5. The number of benzene rings is 2. The Labute approximate surface area is 156 Å². The number of aromatic nitrogens is 1. The second-order valence-corrected chi connectivity index (χ2v) is 8.63. The summed E-state index contributed by atoms with van der Waals surface area (Å²) in [7, 11) is -3.75. The minimum Gasteiger partial charge on any atom is -0.488 e. The van der Waals surface area contributed by atoms with E-state index in [1.54, 1.807) is 6.07 Å². The lowest BCUT2D eigenvalue weighted by atomic mass is 10.1. The standard InChI is InChI=1S/C19H20N2O5S/c1-12(2)21-16-8-7-15(10-18(16)26-19(21)22)27(23,24)20-11-14-9-13-5-3-4-6-17(13)25-14/h3-8,10,12,14,20H,9,11H2,1-2H3/t14-/m0/s1. The molecule has 1 aliphatic heterocycles. The van der Waals surface area contributed by atoms with Gasteiger partial charge in [0.15, 0.2) is 5.58 Å². The number of oxazole rings is 1. The van der Waals surface area contributed by atoms with Crippen LogP contribution in [0.5, 0.6) is 5.75 Å². The summed E-state index contributed by atoms with van der Waals surface area (Å²) in [6.45, 7) is 3.89. The molecule has 27 heavy (non-hydrogen) atoms. The van der Waals surface area contributed by atoms with E-state index in [4.69, 9.17) is 9.15 Å². The Morgan fingerprint density at radius 3 is 2.74 bits per heavy atom. The molecule has 8 heteroatoms. The Balaban J connectivity index is 1.53. The van der Waals surface area contributed by atoms with Gasteiger partial charge in [-0.3, -0.25) is 4.57 Å². The van der Waals surface area contributed by atoms with Crippen molar-refractivity contribution < 1.29 is 17.6 Å². The van der Waals surface area contributed by atoms with E-state index in [1.807, 2.05) is 38.1 Å². The highest BCUT2D eigenvalue weighted by Crippen LogP contribution is 2.28. The first-order valence-electron chi connectivity index (χ1n) is 8.74. The lowest BCUT2D eigenvalue weighted by Gasteiger charge is -2.12. The van der Waals surface area contributed by atoms with Crippen molar-refractivity contribution in [2.75, 3.05) is 6.54 Å². The van der Waals surface area contributed by atoms with Crippen molar-refractivity contribution in [2.45, 2.75) is 37.3 Å². The molecule has 1 N–H and O–H groups in total. The highest BCUT2D eigenvalue weighted by atomic mass is 32.2. The van der Waals surface area contributed by atoms with E-state index in [9.17, 15) is 13.2 Å². The first kappa shape index (κ1) is 17.8. The van der Waals surface area contributed by atoms with E-state index in [-0.39, 0.29) is 29.2 Å². The second-order valence-electron chi connectivity index (χ2n) is 6.86. The first-order valence-corrected chi connectivity index (χ1v) is 10.2. The van der Waals surface area contributed by atoms with Gasteiger partial charge in [0.2, 0.25) is 10.0 Å². The number of hydrogen-bond donors (Lipinski definition) is 1. The molecule has 0 amide bonds. The van der Waals surface area contributed by atoms with Crippen molar-refractivity contribution in [3.8, 4) is 5.75 Å². The van der Waals surface area contributed by atoms with E-state index >= 15 is 0 Å². The van der Waals surface area contributed by atoms with Crippen LogP contribution in [0.1, 0.15) is 25.5 Å². The molecule has 7 nitrogen and oxygen atoms in total. The number of para-hydroxylation sites is 1. The molecule has 142 valence electrons. The molecule has 1 aliphatic rings. The van der Waals surface area contributed by atoms with Crippen LogP contribution in [0.3, 0.4) is 0 Å². The molecule has 0 saturated heterocycles. The van der Waals surface area contributed by atoms with E-state index in [0.29, 0.717) is 11.9 Å². The Kier molecular flexibility index (Phi) is 4.32. The summed E-state index contributed by atoms with van der Waals surface area (Å²) in [6.07, 6.45) is 0.407. The lowest BCUT2D eigenvalue weighted by Crippen LogP contribution is -2.34. The van der Waals surface area contributed by atoms with E-state index in [0.717, 1.165) is 11.3 Å². The maximum Gasteiger partial charge on any atom is 0.420 e. The minimum atomic E-state index is -3.75. The fraction of sp³-hybridized carbons (Fsp3) is 0.316. The summed E-state index contributed by atoms with van der Waals surface area (Å²) < 4.78 is 40.3. The van der Waals surface area contributed by atoms with E-state index < -0.39 is 15.8 Å². The second kappa shape index (κ2) is 6.54. The average Bonchev–Trinajstić information content (AvgIpc) is 3.18. The molecule has 0 unspecified atom stereocenters. The first-order chi connectivity index (χ1) is 12.8. The lowest BCUT2D eigenvalue weighted by molar-refractivity contribution is 0.236. The summed E-state index contributed by atoms with van der Waals surface area (Å²) in [4.78, 5) is 12.0. The largest absolute Gasteiger partial charge is 0.488 e. The zero-order valence-corrected chi connectivity index (χ0v) is 15.8. The Hall–Kier alpha value is -2.58. The third-order valence-electron chi connectivity index (χ3n) is 4.63. The molecule has 0 fully saturated rings. The minimum absolute atomic E-state index is 0.0511. The molecule has 1 atom stereocenters. The molecule has 0 spiro atoms. The van der Waals surface area contributed by atoms with Gasteiger partial charge < -0.3 is 9.15 Å². The van der Waals surface area contributed by atoms with Crippen LogP contribution in [0.15, 0.2) is 56.6 Å². The van der Waals surface area contributed by atoms with Crippen LogP contribution in [0.4, 0.5) is 0 Å². The van der Waals surface area contributed by atoms with Gasteiger partial charge in [-0.05, 0) is 37.6 Å². The normalized spacial score (nSPS) is 16.6. The Morgan fingerprint density at radius 2 is 2.00 bits per heavy atom. The molecule has 2 heterocycles. The average molecular weight is 388 g/mol. The number of ether oxygens (including phenoxy) is 1. The zero-order chi connectivity index (χ0) is 19.2. The van der Waals surface area contributed by atoms with Crippen molar-refractivity contribution in [1.82, 2.24) is 9.29 Å². The highest BCUT2D eigenvalue weighted by molar-refractivity contribution is 7.89. The van der Waals surface area contributed by atoms with Gasteiger partial charge in [-0.15, -0.1) is 0 Å². The van der Waals surface area contributed by atoms with Gasteiger partial charge in [0.25, 0.3) is 0 Å². The van der Waals surface area contributed by atoms with Crippen molar-refractivity contribution in [3.63, 3.8) is 0 Å². The molecule has 1 aromatic heterocycles. The Morgan fingerprint density at radius 1 is 1.22 bits per heavy atom. The smallest absolute Gasteiger partial charge is 0.420 e. The van der Waals surface area contributed by atoms with Crippen LogP contribution in [0, 0.1) is 0 Å². The number of nitrogens with one attached hydrogen (secondary N) is 1. The van der Waals surface area contributed by atoms with Gasteiger partial charge in [-0.25, -0.2) is 17.9 Å². The van der Waals surface area contributed by atoms with Crippen LogP contribution in [0.25, 0.3) is 11.1 Å². The highest BCUT2D eigenvalue weighted by Gasteiger charge is 2.25. The van der Waals surface area contributed by atoms with Gasteiger partial charge in [-0.2, -0.15) is 0 Å². The fourth-order valence-corrected chi connectivity index (χ4v) is 4.41. The molecular weight excluding hydrogens is 368 g/mol. The van der Waals surface area contributed by atoms with Crippen LogP contribution in [-0.4, -0.2) is 25.6 Å². The predicted octanol–water partition coefficient (Wildman–Crippen LogP) is 2.46. The SMILES string of the molecule is CC(C)n1c(=O)oc2cc(S(=O)(=O)NC[C@@H]3Cc4ccccc4O3)ccc21. The van der Waals surface area contributed by atoms with Crippen LogP contribution < -0.4 is 15.2 Å². The van der Waals surface area contributed by atoms with Crippen LogP contribution >= 0.6 is 0 Å². The fourth-order valence-electron chi connectivity index (χ4n) is 3.33. The zero-order valence-electron chi connectivity index (χ0n) is 15.0. The summed E-state index contributed by atoms with van der Waals surface area (Å²) in [5.74, 6) is 0.291. The van der Waals surface area contributed by atoms with Crippen LogP contribution in [-0.2, 0) is 16.4 Å². The molecule has 0 radical (unpaired) electrons. The molecular formula is C19H20N2O5S. The van der Waals surface area contributed by atoms with Crippen molar-refractivity contribution in [2.24, 2.45) is 0 Å². The van der Waals surface area contributed by atoms with Gasteiger partial charge in [-0.1, -0.05) is 18.2 Å². The number of fused-ring (bicyclic) bond motifs is 2. The predicted molar refractivity (Wildman–Crippen MR) is 101 cm³/mol. The van der Waals surface area contributed by atoms with Gasteiger partial charge in [0, 0.05) is 25.1 Å². The van der Waals surface area contributed by atoms with Gasteiger partial charge >= 0.3 is 5.76 Å². The molecule has 0 saturated carbocycles. The third kappa shape index (κ3) is 3.26. The summed E-state index contributed by atoms with van der Waals surface area (Å²) in [6, 6.07) is 12.0. The maximum atomic E-state index is 12.6. The summed E-state index contributed by atoms with van der Waals surface area (Å²) >= 11 is 0. The van der Waals surface area contributed by atoms with Gasteiger partial charge in [0.1, 0.15) is 11.9 Å². The quantitative estimate of drug-likeness (QED) is 0.725. The number of sulfonamides is 1. The van der Waals surface area contributed by atoms with E-state index in [2.05, 4.69) is 4.72 Å². The summed E-state index contributed by atoms with van der Waals surface area (Å²) in [5, 5.41) is 0. The Bertz CT molecular complexity index is 1140.